The summed E-state index contributed by atoms with van der Waals surface area (Å²) in [4.78, 5) is 10.8. The van der Waals surface area contributed by atoms with Gasteiger partial charge in [0.2, 0.25) is 0 Å². The maximum atomic E-state index is 10.8. The molecule has 0 spiro atoms. The highest BCUT2D eigenvalue weighted by Gasteiger charge is 2.44. The standard InChI is InChI=1S/C13H13NO2/c1-14-5-4-8-2-3-9(6-12(8)14)10-7-11(10)13(15)16/h2-6,10-11H,7H2,1H3,(H,15,16)/t10-,11+/m0/s1. The molecule has 16 heavy (non-hydrogen) atoms. The average Bonchev–Trinajstić information content (AvgIpc) is 2.99. The Bertz CT molecular complexity index is 570. The molecule has 3 rings (SSSR count). The van der Waals surface area contributed by atoms with Gasteiger partial charge in [0.05, 0.1) is 5.92 Å². The fraction of sp³-hybridized carbons (Fsp3) is 0.308. The molecular weight excluding hydrogens is 202 g/mol. The van der Waals surface area contributed by atoms with Crippen LogP contribution in [0.2, 0.25) is 0 Å². The van der Waals surface area contributed by atoms with Crippen LogP contribution in [0.15, 0.2) is 30.5 Å². The van der Waals surface area contributed by atoms with E-state index in [1.165, 1.54) is 10.9 Å². The van der Waals surface area contributed by atoms with Crippen molar-refractivity contribution in [3.8, 4) is 0 Å². The molecule has 0 radical (unpaired) electrons. The van der Waals surface area contributed by atoms with E-state index in [-0.39, 0.29) is 11.8 Å². The van der Waals surface area contributed by atoms with Gasteiger partial charge in [-0.1, -0.05) is 12.1 Å². The Hall–Kier alpha value is -1.77. The number of hydrogen-bond donors (Lipinski definition) is 1. The van der Waals surface area contributed by atoms with Crippen LogP contribution in [0, 0.1) is 5.92 Å². The van der Waals surface area contributed by atoms with Crippen LogP contribution in [0.5, 0.6) is 0 Å². The summed E-state index contributed by atoms with van der Waals surface area (Å²) in [6.07, 6.45) is 2.81. The summed E-state index contributed by atoms with van der Waals surface area (Å²) in [7, 11) is 2.01. The van der Waals surface area contributed by atoms with Gasteiger partial charge in [0.15, 0.2) is 0 Å². The highest BCUT2D eigenvalue weighted by molar-refractivity contribution is 5.82. The normalized spacial score (nSPS) is 23.6. The maximum Gasteiger partial charge on any atom is 0.307 e. The first-order valence-electron chi connectivity index (χ1n) is 5.44. The molecule has 0 aliphatic heterocycles. The second-order valence-corrected chi connectivity index (χ2v) is 4.53. The summed E-state index contributed by atoms with van der Waals surface area (Å²) in [6.45, 7) is 0. The van der Waals surface area contributed by atoms with Crippen molar-refractivity contribution in [3.05, 3.63) is 36.0 Å². The summed E-state index contributed by atoms with van der Waals surface area (Å²) in [5.74, 6) is -0.619. The van der Waals surface area contributed by atoms with Crippen molar-refractivity contribution < 1.29 is 9.90 Å². The second kappa shape index (κ2) is 3.11. The van der Waals surface area contributed by atoms with E-state index in [1.54, 1.807) is 0 Å². The largest absolute Gasteiger partial charge is 0.481 e. The van der Waals surface area contributed by atoms with Crippen molar-refractivity contribution in [2.75, 3.05) is 0 Å². The Morgan fingerprint density at radius 3 is 2.94 bits per heavy atom. The molecule has 0 amide bonds. The first-order valence-corrected chi connectivity index (χ1v) is 5.44. The van der Waals surface area contributed by atoms with Gasteiger partial charge in [-0.25, -0.2) is 0 Å². The SMILES string of the molecule is Cn1ccc2ccc([C@@H]3C[C@H]3C(=O)O)cc21. The number of nitrogens with zero attached hydrogens (tertiary/aromatic N) is 1. The Morgan fingerprint density at radius 2 is 2.25 bits per heavy atom. The predicted molar refractivity (Wildman–Crippen MR) is 61.4 cm³/mol. The number of carboxylic acids is 1. The minimum absolute atomic E-state index is 0.169. The van der Waals surface area contributed by atoms with Crippen LogP contribution in [-0.4, -0.2) is 15.6 Å². The van der Waals surface area contributed by atoms with Crippen molar-refractivity contribution in [3.63, 3.8) is 0 Å². The van der Waals surface area contributed by atoms with Crippen molar-refractivity contribution in [1.82, 2.24) is 4.57 Å². The number of benzene rings is 1. The van der Waals surface area contributed by atoms with Gasteiger partial charge in [-0.05, 0) is 35.4 Å². The molecule has 3 nitrogen and oxygen atoms in total. The smallest absolute Gasteiger partial charge is 0.307 e. The second-order valence-electron chi connectivity index (χ2n) is 4.53. The quantitative estimate of drug-likeness (QED) is 0.835. The molecule has 1 aromatic heterocycles. The molecular formula is C13H13NO2. The Labute approximate surface area is 93.3 Å². The van der Waals surface area contributed by atoms with Crippen molar-refractivity contribution in [2.45, 2.75) is 12.3 Å². The third-order valence-electron chi connectivity index (χ3n) is 3.45. The van der Waals surface area contributed by atoms with E-state index >= 15 is 0 Å². The maximum absolute atomic E-state index is 10.8. The molecule has 2 atom stereocenters. The number of rotatable bonds is 2. The van der Waals surface area contributed by atoms with Crippen LogP contribution in [0.1, 0.15) is 17.9 Å². The Balaban J connectivity index is 2.00. The van der Waals surface area contributed by atoms with Crippen LogP contribution < -0.4 is 0 Å². The molecule has 1 aliphatic carbocycles. The van der Waals surface area contributed by atoms with E-state index in [9.17, 15) is 4.79 Å². The number of carbonyl (C=O) groups is 1. The van der Waals surface area contributed by atoms with E-state index in [1.807, 2.05) is 13.2 Å². The lowest BCUT2D eigenvalue weighted by Gasteiger charge is -2.01. The van der Waals surface area contributed by atoms with Crippen LogP contribution in [0.3, 0.4) is 0 Å². The molecule has 0 bridgehead atoms. The zero-order valence-corrected chi connectivity index (χ0v) is 9.05. The number of hydrogen-bond acceptors (Lipinski definition) is 1. The molecule has 2 aromatic rings. The third kappa shape index (κ3) is 1.32. The molecule has 1 saturated carbocycles. The van der Waals surface area contributed by atoms with Crippen LogP contribution in [0.4, 0.5) is 0 Å². The van der Waals surface area contributed by atoms with E-state index < -0.39 is 5.97 Å². The van der Waals surface area contributed by atoms with Gasteiger partial charge < -0.3 is 9.67 Å². The van der Waals surface area contributed by atoms with E-state index in [0.717, 1.165) is 12.0 Å². The minimum Gasteiger partial charge on any atom is -0.481 e. The fourth-order valence-corrected chi connectivity index (χ4v) is 2.35. The number of aryl methyl sites for hydroxylation is 1. The molecule has 1 aromatic carbocycles. The molecule has 1 N–H and O–H groups in total. The minimum atomic E-state index is -0.669. The summed E-state index contributed by atoms with van der Waals surface area (Å²) in [5.41, 5.74) is 2.33. The topological polar surface area (TPSA) is 42.2 Å². The molecule has 82 valence electrons. The highest BCUT2D eigenvalue weighted by atomic mass is 16.4. The Morgan fingerprint density at radius 1 is 1.44 bits per heavy atom. The number of fused-ring (bicyclic) bond motifs is 1. The van der Waals surface area contributed by atoms with E-state index in [2.05, 4.69) is 28.8 Å². The van der Waals surface area contributed by atoms with Gasteiger partial charge in [-0.2, -0.15) is 0 Å². The molecule has 1 aliphatic rings. The number of aromatic nitrogens is 1. The van der Waals surface area contributed by atoms with Gasteiger partial charge in [-0.3, -0.25) is 4.79 Å². The van der Waals surface area contributed by atoms with Gasteiger partial charge in [0.1, 0.15) is 0 Å². The van der Waals surface area contributed by atoms with Crippen molar-refractivity contribution >= 4 is 16.9 Å². The average molecular weight is 215 g/mol. The van der Waals surface area contributed by atoms with Crippen molar-refractivity contribution in [1.29, 1.82) is 0 Å². The lowest BCUT2D eigenvalue weighted by Crippen LogP contribution is -1.98. The molecule has 1 fully saturated rings. The lowest BCUT2D eigenvalue weighted by molar-refractivity contribution is -0.138. The highest BCUT2D eigenvalue weighted by Crippen LogP contribution is 2.47. The molecule has 1 heterocycles. The first kappa shape index (κ1) is 9.46. The van der Waals surface area contributed by atoms with Crippen LogP contribution in [-0.2, 0) is 11.8 Å². The number of aliphatic carboxylic acids is 1. The first-order chi connectivity index (χ1) is 7.66. The predicted octanol–water partition coefficient (Wildman–Crippen LogP) is 2.37. The Kier molecular flexibility index (Phi) is 1.84. The molecule has 3 heteroatoms. The lowest BCUT2D eigenvalue weighted by atomic mass is 10.1. The summed E-state index contributed by atoms with van der Waals surface area (Å²) < 4.78 is 2.07. The van der Waals surface area contributed by atoms with Crippen molar-refractivity contribution in [2.24, 2.45) is 13.0 Å². The van der Waals surface area contributed by atoms with Crippen LogP contribution in [0.25, 0.3) is 10.9 Å². The summed E-state index contributed by atoms with van der Waals surface area (Å²) >= 11 is 0. The summed E-state index contributed by atoms with van der Waals surface area (Å²) in [5, 5.41) is 10.1. The molecule has 0 saturated heterocycles. The zero-order valence-electron chi connectivity index (χ0n) is 9.05. The van der Waals surface area contributed by atoms with Gasteiger partial charge in [0, 0.05) is 18.8 Å². The zero-order chi connectivity index (χ0) is 11.3. The van der Waals surface area contributed by atoms with Gasteiger partial charge >= 0.3 is 5.97 Å². The van der Waals surface area contributed by atoms with E-state index in [0.29, 0.717) is 0 Å². The monoisotopic (exact) mass is 215 g/mol. The fourth-order valence-electron chi connectivity index (χ4n) is 2.35. The van der Waals surface area contributed by atoms with E-state index in [4.69, 9.17) is 5.11 Å². The third-order valence-corrected chi connectivity index (χ3v) is 3.45. The van der Waals surface area contributed by atoms with Gasteiger partial charge in [-0.15, -0.1) is 0 Å². The van der Waals surface area contributed by atoms with Crippen LogP contribution >= 0.6 is 0 Å². The molecule has 0 unspecified atom stereocenters. The summed E-state index contributed by atoms with van der Waals surface area (Å²) in [6, 6.07) is 8.31. The number of carboxylic acid groups (broad SMARTS) is 1. The van der Waals surface area contributed by atoms with Gasteiger partial charge in [0.25, 0.3) is 0 Å².